The van der Waals surface area contributed by atoms with Crippen molar-refractivity contribution in [3.8, 4) is 11.1 Å². The second kappa shape index (κ2) is 11.7. The lowest BCUT2D eigenvalue weighted by molar-refractivity contribution is 0.437. The molecule has 0 saturated carbocycles. The van der Waals surface area contributed by atoms with Crippen LogP contribution in [0.5, 0.6) is 0 Å². The second-order valence-corrected chi connectivity index (χ2v) is 12.4. The molecule has 2 aromatic carbocycles. The molecule has 1 aliphatic heterocycles. The van der Waals surface area contributed by atoms with Gasteiger partial charge in [-0.1, -0.05) is 81.4 Å². The Bertz CT molecular complexity index is 844. The van der Waals surface area contributed by atoms with Gasteiger partial charge in [0.15, 0.2) is 5.83 Å². The molecule has 0 aliphatic carbocycles. The largest absolute Gasteiger partial charge is 0.212 e. The summed E-state index contributed by atoms with van der Waals surface area (Å²) in [6.45, 7) is 2.27. The van der Waals surface area contributed by atoms with Crippen LogP contribution in [0.15, 0.2) is 42.7 Å². The van der Waals surface area contributed by atoms with E-state index >= 15 is 0 Å². The van der Waals surface area contributed by atoms with Crippen LogP contribution in [-0.4, -0.2) is 8.80 Å². The highest BCUT2D eigenvalue weighted by Gasteiger charge is 2.21. The first-order chi connectivity index (χ1) is 15.0. The molecular formula is C26H32F4Si. The van der Waals surface area contributed by atoms with Crippen molar-refractivity contribution < 1.29 is 17.6 Å². The monoisotopic (exact) mass is 448 g/mol. The molecule has 3 rings (SSSR count). The summed E-state index contributed by atoms with van der Waals surface area (Å²) in [7, 11) is -0.467. The zero-order chi connectivity index (χ0) is 22.2. The third kappa shape index (κ3) is 6.55. The van der Waals surface area contributed by atoms with Crippen LogP contribution in [0.3, 0.4) is 0 Å². The summed E-state index contributed by atoms with van der Waals surface area (Å²) in [4.78, 5) is 0. The van der Waals surface area contributed by atoms with Crippen LogP contribution >= 0.6 is 0 Å². The Kier molecular flexibility index (Phi) is 8.94. The van der Waals surface area contributed by atoms with Gasteiger partial charge in [0.25, 0.3) is 0 Å². The topological polar surface area (TPSA) is 0 Å². The second-order valence-electron chi connectivity index (χ2n) is 8.89. The van der Waals surface area contributed by atoms with E-state index < -0.39 is 38.2 Å². The Morgan fingerprint density at radius 2 is 1.65 bits per heavy atom. The predicted molar refractivity (Wildman–Crippen MR) is 124 cm³/mol. The quantitative estimate of drug-likeness (QED) is 0.205. The third-order valence-electron chi connectivity index (χ3n) is 6.69. The number of halogens is 4. The standard InChI is InChI=1S/C26H32F4Si/c1-2-3-4-13-31-14-11-20(12-15-31)6-5-19-7-9-21(10-8-19)22-16-23(28)26(24(29)17-22)25(30)18-27/h7-10,16-18,20,31H,2-6,11-15H2,1H3/t20-,31-. The maximum absolute atomic E-state index is 14.1. The van der Waals surface area contributed by atoms with Crippen LogP contribution < -0.4 is 0 Å². The number of hydrogen-bond donors (Lipinski definition) is 0. The minimum Gasteiger partial charge on any atom is -0.212 e. The molecule has 0 N–H and O–H groups in total. The summed E-state index contributed by atoms with van der Waals surface area (Å²) in [5.41, 5.74) is 1.21. The van der Waals surface area contributed by atoms with Gasteiger partial charge in [-0.25, -0.2) is 17.6 Å². The SMILES string of the molecule is CCCCC[Si@H]1CC[C@H](CCc2ccc(-c3cc(F)c(C(F)=CF)c(F)c3)cc2)CC1. The van der Waals surface area contributed by atoms with Gasteiger partial charge >= 0.3 is 0 Å². The third-order valence-corrected chi connectivity index (χ3v) is 10.2. The first-order valence-electron chi connectivity index (χ1n) is 11.6. The molecule has 2 aromatic rings. The summed E-state index contributed by atoms with van der Waals surface area (Å²) in [6.07, 6.45) is 8.68. The van der Waals surface area contributed by atoms with E-state index in [-0.39, 0.29) is 0 Å². The molecule has 31 heavy (non-hydrogen) atoms. The fourth-order valence-electron chi connectivity index (χ4n) is 4.75. The number of benzene rings is 2. The Morgan fingerprint density at radius 3 is 2.23 bits per heavy atom. The minimum absolute atomic E-state index is 0.309. The van der Waals surface area contributed by atoms with Gasteiger partial charge in [-0.05, 0) is 47.6 Å². The van der Waals surface area contributed by atoms with E-state index in [0.29, 0.717) is 11.1 Å². The van der Waals surface area contributed by atoms with Crippen molar-refractivity contribution >= 4 is 14.6 Å². The molecule has 0 spiro atoms. The number of aryl methyl sites for hydroxylation is 1. The molecule has 0 bridgehead atoms. The molecule has 1 saturated heterocycles. The van der Waals surface area contributed by atoms with E-state index in [1.54, 1.807) is 0 Å². The molecule has 1 fully saturated rings. The fraction of sp³-hybridized carbons (Fsp3) is 0.462. The van der Waals surface area contributed by atoms with Gasteiger partial charge in [0.2, 0.25) is 0 Å². The Morgan fingerprint density at radius 1 is 1.00 bits per heavy atom. The molecule has 5 heteroatoms. The maximum atomic E-state index is 14.1. The number of rotatable bonds is 9. The van der Waals surface area contributed by atoms with Crippen molar-refractivity contribution in [1.29, 1.82) is 0 Å². The highest BCUT2D eigenvalue weighted by molar-refractivity contribution is 6.58. The lowest BCUT2D eigenvalue weighted by Gasteiger charge is -2.27. The van der Waals surface area contributed by atoms with Crippen LogP contribution in [0.4, 0.5) is 17.6 Å². The van der Waals surface area contributed by atoms with Gasteiger partial charge in [0, 0.05) is 8.80 Å². The van der Waals surface area contributed by atoms with Crippen LogP contribution in [0.1, 0.15) is 56.6 Å². The van der Waals surface area contributed by atoms with Crippen LogP contribution in [0.25, 0.3) is 17.0 Å². The van der Waals surface area contributed by atoms with Crippen molar-refractivity contribution in [1.82, 2.24) is 0 Å². The molecule has 0 amide bonds. The van der Waals surface area contributed by atoms with E-state index in [2.05, 4.69) is 6.92 Å². The predicted octanol–water partition coefficient (Wildman–Crippen LogP) is 8.63. The summed E-state index contributed by atoms with van der Waals surface area (Å²) in [6, 6.07) is 14.3. The Labute approximate surface area is 185 Å². The summed E-state index contributed by atoms with van der Waals surface area (Å²) >= 11 is 0. The molecule has 1 aliphatic rings. The first-order valence-corrected chi connectivity index (χ1v) is 14.0. The van der Waals surface area contributed by atoms with Crippen LogP contribution in [0, 0.1) is 17.6 Å². The molecular weight excluding hydrogens is 416 g/mol. The van der Waals surface area contributed by atoms with Gasteiger partial charge < -0.3 is 0 Å². The Hall–Kier alpha value is -1.88. The summed E-state index contributed by atoms with van der Waals surface area (Å²) in [5, 5.41) is 0. The van der Waals surface area contributed by atoms with Gasteiger partial charge in [0.05, 0.1) is 5.56 Å². The average Bonchev–Trinajstić information content (AvgIpc) is 2.78. The maximum Gasteiger partial charge on any atom is 0.164 e. The molecule has 0 atom stereocenters. The zero-order valence-corrected chi connectivity index (χ0v) is 19.4. The first kappa shape index (κ1) is 23.8. The molecule has 0 aromatic heterocycles. The normalized spacial score (nSPS) is 19.6. The average molecular weight is 449 g/mol. The molecule has 0 radical (unpaired) electrons. The van der Waals surface area contributed by atoms with Crippen molar-refractivity contribution in [2.75, 3.05) is 0 Å². The van der Waals surface area contributed by atoms with Gasteiger partial charge in [0.1, 0.15) is 18.0 Å². The Balaban J connectivity index is 1.53. The molecule has 0 unspecified atom stereocenters. The van der Waals surface area contributed by atoms with E-state index in [9.17, 15) is 17.6 Å². The van der Waals surface area contributed by atoms with Crippen LogP contribution in [0.2, 0.25) is 18.1 Å². The molecule has 0 nitrogen and oxygen atoms in total. The van der Waals surface area contributed by atoms with Crippen molar-refractivity contribution in [2.45, 2.75) is 70.0 Å². The van der Waals surface area contributed by atoms with Gasteiger partial charge in [-0.3, -0.25) is 0 Å². The highest BCUT2D eigenvalue weighted by atomic mass is 28.3. The van der Waals surface area contributed by atoms with Gasteiger partial charge in [-0.15, -0.1) is 0 Å². The lowest BCUT2D eigenvalue weighted by atomic mass is 9.93. The van der Waals surface area contributed by atoms with E-state index in [0.717, 1.165) is 24.5 Å². The number of hydrogen-bond acceptors (Lipinski definition) is 0. The highest BCUT2D eigenvalue weighted by Crippen LogP contribution is 2.32. The van der Waals surface area contributed by atoms with E-state index in [1.807, 2.05) is 24.3 Å². The minimum atomic E-state index is -1.55. The zero-order valence-electron chi connectivity index (χ0n) is 18.3. The molecule has 168 valence electrons. The van der Waals surface area contributed by atoms with Crippen molar-refractivity contribution in [2.24, 2.45) is 5.92 Å². The summed E-state index contributed by atoms with van der Waals surface area (Å²) < 4.78 is 53.8. The lowest BCUT2D eigenvalue weighted by Crippen LogP contribution is -2.21. The fourth-order valence-corrected chi connectivity index (χ4v) is 8.37. The van der Waals surface area contributed by atoms with Crippen molar-refractivity contribution in [3.05, 3.63) is 65.5 Å². The van der Waals surface area contributed by atoms with Crippen LogP contribution in [-0.2, 0) is 6.42 Å². The van der Waals surface area contributed by atoms with Crippen molar-refractivity contribution in [3.63, 3.8) is 0 Å². The summed E-state index contributed by atoms with van der Waals surface area (Å²) in [5.74, 6) is -2.95. The smallest absolute Gasteiger partial charge is 0.164 e. The van der Waals surface area contributed by atoms with Gasteiger partial charge in [-0.2, -0.15) is 0 Å². The number of unbranched alkanes of at least 4 members (excludes halogenated alkanes) is 2. The van der Waals surface area contributed by atoms with E-state index in [4.69, 9.17) is 0 Å². The van der Waals surface area contributed by atoms with E-state index in [1.165, 1.54) is 62.2 Å². The molecule has 1 heterocycles.